The number of carbonyl (C=O) groups is 1. The van der Waals surface area contributed by atoms with Gasteiger partial charge in [0.05, 0.1) is 0 Å². The number of esters is 1. The summed E-state index contributed by atoms with van der Waals surface area (Å²) in [6.45, 7) is 11.3. The van der Waals surface area contributed by atoms with Crippen LogP contribution < -0.4 is 14.8 Å². The fourth-order valence-corrected chi connectivity index (χ4v) is 3.83. The lowest BCUT2D eigenvalue weighted by molar-refractivity contribution is 0.0727. The van der Waals surface area contributed by atoms with Crippen LogP contribution in [0, 0.1) is 18.2 Å². The van der Waals surface area contributed by atoms with E-state index in [1.165, 1.54) is 0 Å². The quantitative estimate of drug-likeness (QED) is 0.286. The Balaban J connectivity index is 2.07. The molecule has 0 bridgehead atoms. The van der Waals surface area contributed by atoms with Gasteiger partial charge in [0.15, 0.2) is 0 Å². The average molecular weight is 464 g/mol. The summed E-state index contributed by atoms with van der Waals surface area (Å²) < 4.78 is 27.4. The molecule has 0 aromatic heterocycles. The van der Waals surface area contributed by atoms with Crippen LogP contribution in [0.3, 0.4) is 0 Å². The molecule has 0 spiro atoms. The highest BCUT2D eigenvalue weighted by atomic mass is 19.1. The summed E-state index contributed by atoms with van der Waals surface area (Å²) in [6.07, 6.45) is 0.481. The van der Waals surface area contributed by atoms with Crippen molar-refractivity contribution in [1.82, 2.24) is 5.32 Å². The summed E-state index contributed by atoms with van der Waals surface area (Å²) in [4.78, 5) is 13.3. The van der Waals surface area contributed by atoms with E-state index in [0.717, 1.165) is 12.1 Å². The van der Waals surface area contributed by atoms with E-state index in [-0.39, 0.29) is 29.0 Å². The van der Waals surface area contributed by atoms with Crippen LogP contribution in [-0.2, 0) is 19.6 Å². The first-order valence-corrected chi connectivity index (χ1v) is 11.7. The van der Waals surface area contributed by atoms with Crippen molar-refractivity contribution in [1.29, 1.82) is 0 Å². The molecule has 0 aliphatic carbocycles. The Labute approximate surface area is 202 Å². The number of nitrogens with one attached hydrogen (secondary N) is 1. The first-order valence-electron chi connectivity index (χ1n) is 11.7. The van der Waals surface area contributed by atoms with Crippen LogP contribution in [0.2, 0.25) is 0 Å². The van der Waals surface area contributed by atoms with Gasteiger partial charge in [0.1, 0.15) is 29.5 Å². The fraction of sp³-hybridized carbons (Fsp3) is 0.345. The van der Waals surface area contributed by atoms with Gasteiger partial charge in [-0.2, -0.15) is 0 Å². The number of rotatable bonds is 9. The summed E-state index contributed by atoms with van der Waals surface area (Å²) in [5.41, 5.74) is 2.58. The maximum atomic E-state index is 15.5. The van der Waals surface area contributed by atoms with E-state index in [0.29, 0.717) is 35.6 Å². The lowest BCUT2D eigenvalue weighted by Gasteiger charge is -2.24. The monoisotopic (exact) mass is 463 g/mol. The Kier molecular flexibility index (Phi) is 8.46. The van der Waals surface area contributed by atoms with Crippen molar-refractivity contribution in [2.45, 2.75) is 54.2 Å². The SMILES string of the molecule is CCc1c(F)c(C)c(C(=O)Oc2ccccc2)c(OCc2ccccc2)c1CNCC(C)(C)C. The van der Waals surface area contributed by atoms with Crippen molar-refractivity contribution in [3.05, 3.63) is 94.3 Å². The lowest BCUT2D eigenvalue weighted by Crippen LogP contribution is -2.28. The van der Waals surface area contributed by atoms with Crippen molar-refractivity contribution >= 4 is 5.97 Å². The van der Waals surface area contributed by atoms with Crippen LogP contribution in [0.5, 0.6) is 11.5 Å². The number of carbonyl (C=O) groups excluding carboxylic acids is 1. The largest absolute Gasteiger partial charge is 0.488 e. The van der Waals surface area contributed by atoms with Gasteiger partial charge in [0.2, 0.25) is 0 Å². The van der Waals surface area contributed by atoms with E-state index >= 15 is 4.39 Å². The van der Waals surface area contributed by atoms with Gasteiger partial charge in [-0.05, 0) is 42.0 Å². The molecule has 180 valence electrons. The molecule has 0 unspecified atom stereocenters. The van der Waals surface area contributed by atoms with Gasteiger partial charge in [0.25, 0.3) is 0 Å². The molecule has 0 fully saturated rings. The molecule has 0 heterocycles. The number of halogens is 1. The first kappa shape index (κ1) is 25.4. The van der Waals surface area contributed by atoms with Crippen molar-refractivity contribution in [3.63, 3.8) is 0 Å². The molecule has 3 aromatic rings. The summed E-state index contributed by atoms with van der Waals surface area (Å²) in [5, 5.41) is 3.42. The van der Waals surface area contributed by atoms with E-state index in [9.17, 15) is 4.79 Å². The molecule has 34 heavy (non-hydrogen) atoms. The second-order valence-corrected chi connectivity index (χ2v) is 9.59. The Morgan fingerprint density at radius 3 is 2.18 bits per heavy atom. The summed E-state index contributed by atoms with van der Waals surface area (Å²) >= 11 is 0. The Morgan fingerprint density at radius 2 is 1.59 bits per heavy atom. The van der Waals surface area contributed by atoms with Crippen molar-refractivity contribution in [2.75, 3.05) is 6.54 Å². The lowest BCUT2D eigenvalue weighted by atomic mass is 9.93. The van der Waals surface area contributed by atoms with Gasteiger partial charge in [-0.15, -0.1) is 0 Å². The van der Waals surface area contributed by atoms with Gasteiger partial charge in [-0.1, -0.05) is 76.2 Å². The van der Waals surface area contributed by atoms with Crippen LogP contribution in [0.1, 0.15) is 60.3 Å². The molecule has 5 heteroatoms. The fourth-order valence-electron chi connectivity index (χ4n) is 3.83. The highest BCUT2D eigenvalue weighted by molar-refractivity contribution is 5.96. The van der Waals surface area contributed by atoms with Gasteiger partial charge >= 0.3 is 5.97 Å². The van der Waals surface area contributed by atoms with E-state index < -0.39 is 5.97 Å². The van der Waals surface area contributed by atoms with E-state index in [2.05, 4.69) is 26.1 Å². The van der Waals surface area contributed by atoms with Gasteiger partial charge in [-0.3, -0.25) is 0 Å². The molecule has 0 aliphatic rings. The minimum absolute atomic E-state index is 0.0513. The zero-order chi connectivity index (χ0) is 24.7. The Bertz CT molecular complexity index is 1110. The predicted octanol–water partition coefficient (Wildman–Crippen LogP) is 6.63. The Hall–Kier alpha value is -3.18. The number of para-hydroxylation sites is 1. The van der Waals surface area contributed by atoms with E-state index in [1.807, 2.05) is 43.3 Å². The summed E-state index contributed by atoms with van der Waals surface area (Å²) in [6, 6.07) is 18.5. The number of hydrogen-bond acceptors (Lipinski definition) is 4. The van der Waals surface area contributed by atoms with Gasteiger partial charge in [-0.25, -0.2) is 9.18 Å². The average Bonchev–Trinajstić information content (AvgIpc) is 2.80. The van der Waals surface area contributed by atoms with Crippen LogP contribution in [0.4, 0.5) is 4.39 Å². The second-order valence-electron chi connectivity index (χ2n) is 9.59. The van der Waals surface area contributed by atoms with E-state index in [1.54, 1.807) is 31.2 Å². The Morgan fingerprint density at radius 1 is 0.971 bits per heavy atom. The summed E-state index contributed by atoms with van der Waals surface area (Å²) in [5.74, 6) is -0.247. The van der Waals surface area contributed by atoms with Crippen LogP contribution in [-0.4, -0.2) is 12.5 Å². The maximum Gasteiger partial charge on any atom is 0.347 e. The zero-order valence-electron chi connectivity index (χ0n) is 20.7. The van der Waals surface area contributed by atoms with Crippen molar-refractivity contribution < 1.29 is 18.7 Å². The van der Waals surface area contributed by atoms with Crippen LogP contribution in [0.15, 0.2) is 60.7 Å². The highest BCUT2D eigenvalue weighted by Crippen LogP contribution is 2.35. The molecule has 4 nitrogen and oxygen atoms in total. The normalized spacial score (nSPS) is 11.4. The number of hydrogen-bond donors (Lipinski definition) is 1. The molecule has 0 aliphatic heterocycles. The number of benzene rings is 3. The summed E-state index contributed by atoms with van der Waals surface area (Å²) in [7, 11) is 0. The van der Waals surface area contributed by atoms with Gasteiger partial charge in [0, 0.05) is 24.2 Å². The molecular formula is C29H34FNO3. The van der Waals surface area contributed by atoms with Crippen molar-refractivity contribution in [3.8, 4) is 11.5 Å². The van der Waals surface area contributed by atoms with Crippen molar-refractivity contribution in [2.24, 2.45) is 5.41 Å². The van der Waals surface area contributed by atoms with Crippen LogP contribution in [0.25, 0.3) is 0 Å². The molecular weight excluding hydrogens is 429 g/mol. The second kappa shape index (κ2) is 11.3. The molecule has 0 atom stereocenters. The highest BCUT2D eigenvalue weighted by Gasteiger charge is 2.28. The van der Waals surface area contributed by atoms with E-state index in [4.69, 9.17) is 9.47 Å². The first-order chi connectivity index (χ1) is 16.2. The third kappa shape index (κ3) is 6.45. The maximum absolute atomic E-state index is 15.5. The molecule has 0 saturated heterocycles. The number of ether oxygens (including phenoxy) is 2. The smallest absolute Gasteiger partial charge is 0.347 e. The molecule has 0 amide bonds. The minimum atomic E-state index is -0.634. The topological polar surface area (TPSA) is 47.6 Å². The van der Waals surface area contributed by atoms with Crippen LogP contribution >= 0.6 is 0 Å². The molecule has 1 N–H and O–H groups in total. The molecule has 0 saturated carbocycles. The predicted molar refractivity (Wildman–Crippen MR) is 134 cm³/mol. The third-order valence-electron chi connectivity index (χ3n) is 5.53. The molecule has 3 rings (SSSR count). The van der Waals surface area contributed by atoms with Gasteiger partial charge < -0.3 is 14.8 Å². The molecule has 0 radical (unpaired) electrons. The molecule has 3 aromatic carbocycles. The minimum Gasteiger partial charge on any atom is -0.488 e. The third-order valence-corrected chi connectivity index (χ3v) is 5.53. The standard InChI is InChI=1S/C29H34FNO3/c1-6-23-24(17-31-19-29(3,4)5)27(33-18-21-13-9-7-10-14-21)25(20(2)26(23)30)28(32)34-22-15-11-8-12-16-22/h7-16,31H,6,17-19H2,1-5H3. The zero-order valence-corrected chi connectivity index (χ0v) is 20.7.